The number of rotatable bonds is 2. The number of carbonyl (C=O) groups excluding carboxylic acids is 1. The van der Waals surface area contributed by atoms with Gasteiger partial charge in [-0.3, -0.25) is 4.79 Å². The van der Waals surface area contributed by atoms with Crippen LogP contribution in [0.3, 0.4) is 0 Å². The van der Waals surface area contributed by atoms with E-state index in [4.69, 9.17) is 4.74 Å². The van der Waals surface area contributed by atoms with Crippen molar-refractivity contribution >= 4 is 5.78 Å². The van der Waals surface area contributed by atoms with Gasteiger partial charge in [0.15, 0.2) is 5.78 Å². The molecule has 0 amide bonds. The number of carbonyl (C=O) groups is 1. The third kappa shape index (κ3) is 2.26. The number of hydrogen-bond donors (Lipinski definition) is 0. The van der Waals surface area contributed by atoms with Crippen LogP contribution in [0.2, 0.25) is 0 Å². The third-order valence-corrected chi connectivity index (χ3v) is 3.50. The maximum atomic E-state index is 11.3. The number of hydrogen-bond acceptors (Lipinski definition) is 2. The van der Waals surface area contributed by atoms with Crippen molar-refractivity contribution in [2.45, 2.75) is 32.1 Å². The van der Waals surface area contributed by atoms with Gasteiger partial charge in [-0.25, -0.2) is 0 Å². The molecule has 0 spiro atoms. The van der Waals surface area contributed by atoms with Gasteiger partial charge in [0.05, 0.1) is 7.11 Å². The van der Waals surface area contributed by atoms with E-state index in [1.54, 1.807) is 13.2 Å². The molecule has 2 heteroatoms. The Kier molecular flexibility index (Phi) is 3.05. The highest BCUT2D eigenvalue weighted by molar-refractivity contribution is 5.91. The Morgan fingerprint density at radius 2 is 2.12 bits per heavy atom. The van der Waals surface area contributed by atoms with Crippen molar-refractivity contribution in [3.8, 4) is 5.75 Å². The minimum atomic E-state index is -0.0920. The maximum absolute atomic E-state index is 11.3. The summed E-state index contributed by atoms with van der Waals surface area (Å²) in [4.78, 5) is 11.3. The van der Waals surface area contributed by atoms with E-state index in [-0.39, 0.29) is 11.2 Å². The van der Waals surface area contributed by atoms with Crippen LogP contribution in [0.4, 0.5) is 0 Å². The number of methoxy groups -OCH3 is 1. The Morgan fingerprint density at radius 1 is 1.35 bits per heavy atom. The molecule has 2 rings (SSSR count). The van der Waals surface area contributed by atoms with Crippen LogP contribution < -0.4 is 4.74 Å². The van der Waals surface area contributed by atoms with Crippen LogP contribution in [0.5, 0.6) is 5.75 Å². The van der Waals surface area contributed by atoms with Gasteiger partial charge >= 0.3 is 0 Å². The Morgan fingerprint density at radius 3 is 2.71 bits per heavy atom. The number of aryl methyl sites for hydroxylation is 1. The standard InChI is InChI=1S/C15H18O2/c1-11-4-5-14(17-3)13(10-11)15(2)8-6-12(16)7-9-15/h4-6,8,10H,7,9H2,1-3H3. The molecule has 0 saturated carbocycles. The van der Waals surface area contributed by atoms with E-state index >= 15 is 0 Å². The molecule has 1 aliphatic carbocycles. The molecule has 1 aliphatic rings. The highest BCUT2D eigenvalue weighted by atomic mass is 16.5. The van der Waals surface area contributed by atoms with Gasteiger partial charge in [0.1, 0.15) is 5.75 Å². The van der Waals surface area contributed by atoms with Crippen molar-refractivity contribution in [1.82, 2.24) is 0 Å². The summed E-state index contributed by atoms with van der Waals surface area (Å²) in [6, 6.07) is 6.20. The van der Waals surface area contributed by atoms with Crippen molar-refractivity contribution in [3.05, 3.63) is 41.5 Å². The average molecular weight is 230 g/mol. The van der Waals surface area contributed by atoms with Gasteiger partial charge in [-0.15, -0.1) is 0 Å². The minimum Gasteiger partial charge on any atom is -0.496 e. The molecular formula is C15H18O2. The Bertz CT molecular complexity index is 474. The zero-order chi connectivity index (χ0) is 12.5. The van der Waals surface area contributed by atoms with Gasteiger partial charge in [-0.1, -0.05) is 30.7 Å². The highest BCUT2D eigenvalue weighted by Gasteiger charge is 2.30. The van der Waals surface area contributed by atoms with E-state index in [9.17, 15) is 4.79 Å². The van der Waals surface area contributed by atoms with E-state index in [1.165, 1.54) is 11.1 Å². The van der Waals surface area contributed by atoms with E-state index in [0.717, 1.165) is 12.2 Å². The molecule has 1 aromatic carbocycles. The molecular weight excluding hydrogens is 212 g/mol. The smallest absolute Gasteiger partial charge is 0.155 e. The first-order chi connectivity index (χ1) is 8.05. The van der Waals surface area contributed by atoms with Crippen LogP contribution in [-0.2, 0) is 10.2 Å². The fourth-order valence-electron chi connectivity index (χ4n) is 2.32. The molecule has 0 aliphatic heterocycles. The predicted molar refractivity (Wildman–Crippen MR) is 68.5 cm³/mol. The molecule has 1 aromatic rings. The summed E-state index contributed by atoms with van der Waals surface area (Å²) >= 11 is 0. The van der Waals surface area contributed by atoms with Crippen LogP contribution >= 0.6 is 0 Å². The summed E-state index contributed by atoms with van der Waals surface area (Å²) in [6.45, 7) is 4.23. The molecule has 0 heterocycles. The van der Waals surface area contributed by atoms with Gasteiger partial charge in [-0.2, -0.15) is 0 Å². The van der Waals surface area contributed by atoms with Crippen molar-refractivity contribution < 1.29 is 9.53 Å². The van der Waals surface area contributed by atoms with Crippen LogP contribution in [0.25, 0.3) is 0 Å². The summed E-state index contributed by atoms with van der Waals surface area (Å²) in [5.41, 5.74) is 2.29. The second kappa shape index (κ2) is 4.36. The number of ketones is 1. The molecule has 90 valence electrons. The van der Waals surface area contributed by atoms with Crippen molar-refractivity contribution in [2.75, 3.05) is 7.11 Å². The highest BCUT2D eigenvalue weighted by Crippen LogP contribution is 2.39. The van der Waals surface area contributed by atoms with Crippen molar-refractivity contribution in [1.29, 1.82) is 0 Å². The zero-order valence-corrected chi connectivity index (χ0v) is 10.6. The largest absolute Gasteiger partial charge is 0.496 e. The molecule has 0 bridgehead atoms. The van der Waals surface area contributed by atoms with Gasteiger partial charge < -0.3 is 4.74 Å². The lowest BCUT2D eigenvalue weighted by Crippen LogP contribution is -2.24. The van der Waals surface area contributed by atoms with Crippen LogP contribution in [0.1, 0.15) is 30.9 Å². The van der Waals surface area contributed by atoms with E-state index in [2.05, 4.69) is 19.9 Å². The summed E-state index contributed by atoms with van der Waals surface area (Å²) in [6.07, 6.45) is 5.17. The van der Waals surface area contributed by atoms with Gasteiger partial charge in [0, 0.05) is 17.4 Å². The predicted octanol–water partition coefficient (Wildman–Crippen LogP) is 3.18. The lowest BCUT2D eigenvalue weighted by Gasteiger charge is -2.30. The second-order valence-electron chi connectivity index (χ2n) is 4.92. The molecule has 0 aromatic heterocycles. The van der Waals surface area contributed by atoms with Crippen LogP contribution in [0.15, 0.2) is 30.4 Å². The fourth-order valence-corrected chi connectivity index (χ4v) is 2.32. The van der Waals surface area contributed by atoms with Crippen LogP contribution in [-0.4, -0.2) is 12.9 Å². The molecule has 2 nitrogen and oxygen atoms in total. The monoisotopic (exact) mass is 230 g/mol. The van der Waals surface area contributed by atoms with Crippen LogP contribution in [0, 0.1) is 6.92 Å². The summed E-state index contributed by atoms with van der Waals surface area (Å²) in [7, 11) is 1.69. The molecule has 0 saturated heterocycles. The van der Waals surface area contributed by atoms with Gasteiger partial charge in [-0.05, 0) is 25.5 Å². The topological polar surface area (TPSA) is 26.3 Å². The number of ether oxygens (including phenoxy) is 1. The molecule has 1 atom stereocenters. The molecule has 17 heavy (non-hydrogen) atoms. The van der Waals surface area contributed by atoms with E-state index in [0.29, 0.717) is 6.42 Å². The quantitative estimate of drug-likeness (QED) is 0.780. The molecule has 0 N–H and O–H groups in total. The van der Waals surface area contributed by atoms with Gasteiger partial charge in [0.25, 0.3) is 0 Å². The van der Waals surface area contributed by atoms with Crippen molar-refractivity contribution in [2.24, 2.45) is 0 Å². The summed E-state index contributed by atoms with van der Waals surface area (Å²) < 4.78 is 5.43. The first-order valence-electron chi connectivity index (χ1n) is 5.92. The zero-order valence-electron chi connectivity index (χ0n) is 10.6. The molecule has 0 fully saturated rings. The summed E-state index contributed by atoms with van der Waals surface area (Å²) in [5, 5.41) is 0. The normalized spacial score (nSPS) is 23.8. The molecule has 1 unspecified atom stereocenters. The Balaban J connectivity index is 2.48. The maximum Gasteiger partial charge on any atom is 0.155 e. The Hall–Kier alpha value is -1.57. The summed E-state index contributed by atoms with van der Waals surface area (Å²) in [5.74, 6) is 1.12. The first kappa shape index (κ1) is 11.9. The lowest BCUT2D eigenvalue weighted by molar-refractivity contribution is -0.115. The minimum absolute atomic E-state index is 0.0920. The van der Waals surface area contributed by atoms with E-state index < -0.39 is 0 Å². The number of benzene rings is 1. The Labute approximate surface area is 102 Å². The lowest BCUT2D eigenvalue weighted by atomic mass is 9.74. The average Bonchev–Trinajstić information content (AvgIpc) is 2.33. The van der Waals surface area contributed by atoms with Gasteiger partial charge in [0.2, 0.25) is 0 Å². The third-order valence-electron chi connectivity index (χ3n) is 3.50. The number of allylic oxidation sites excluding steroid dienone is 2. The molecule has 0 radical (unpaired) electrons. The van der Waals surface area contributed by atoms with E-state index in [1.807, 2.05) is 18.2 Å². The SMILES string of the molecule is COc1ccc(C)cc1C1(C)C=CC(=O)CC1. The fraction of sp³-hybridized carbons (Fsp3) is 0.400. The van der Waals surface area contributed by atoms with Crippen molar-refractivity contribution in [3.63, 3.8) is 0 Å². The first-order valence-corrected chi connectivity index (χ1v) is 5.92. The second-order valence-corrected chi connectivity index (χ2v) is 4.92.